The Morgan fingerprint density at radius 2 is 1.90 bits per heavy atom. The van der Waals surface area contributed by atoms with Crippen molar-refractivity contribution in [3.8, 4) is 0 Å². The van der Waals surface area contributed by atoms with Crippen LogP contribution in [0.2, 0.25) is 0 Å². The van der Waals surface area contributed by atoms with Crippen LogP contribution in [0.1, 0.15) is 37.8 Å². The largest absolute Gasteiger partial charge is 0.310 e. The first kappa shape index (κ1) is 14.9. The van der Waals surface area contributed by atoms with Crippen LogP contribution in [0.25, 0.3) is 10.9 Å². The molecular formula is C18H24N2S. The van der Waals surface area contributed by atoms with Crippen LogP contribution in [0.4, 0.5) is 0 Å². The number of benzene rings is 1. The maximum absolute atomic E-state index is 4.74. The zero-order chi connectivity index (χ0) is 14.5. The third-order valence-electron chi connectivity index (χ3n) is 4.61. The Morgan fingerprint density at radius 1 is 1.10 bits per heavy atom. The molecule has 3 rings (SSSR count). The predicted octanol–water partition coefficient (Wildman–Crippen LogP) is 4.39. The van der Waals surface area contributed by atoms with E-state index >= 15 is 0 Å². The van der Waals surface area contributed by atoms with Crippen molar-refractivity contribution in [2.45, 2.75) is 43.4 Å². The van der Waals surface area contributed by atoms with Gasteiger partial charge in [-0.1, -0.05) is 43.5 Å². The first-order chi connectivity index (χ1) is 10.3. The molecule has 0 amide bonds. The number of aromatic nitrogens is 1. The molecule has 1 aliphatic carbocycles. The van der Waals surface area contributed by atoms with E-state index in [1.807, 2.05) is 11.8 Å². The van der Waals surface area contributed by atoms with Gasteiger partial charge in [0.2, 0.25) is 0 Å². The number of fused-ring (bicyclic) bond motifs is 1. The van der Waals surface area contributed by atoms with Crippen LogP contribution in [0, 0.1) is 0 Å². The number of hydrogen-bond donors (Lipinski definition) is 1. The van der Waals surface area contributed by atoms with Crippen molar-refractivity contribution < 1.29 is 0 Å². The molecule has 1 aliphatic rings. The summed E-state index contributed by atoms with van der Waals surface area (Å²) >= 11 is 2.05. The number of nitrogens with zero attached hydrogens (tertiary/aromatic N) is 1. The highest BCUT2D eigenvalue weighted by molar-refractivity contribution is 8.00. The normalized spacial score (nSPS) is 18.0. The van der Waals surface area contributed by atoms with Gasteiger partial charge in [-0.2, -0.15) is 11.8 Å². The van der Waals surface area contributed by atoms with E-state index in [-0.39, 0.29) is 0 Å². The molecule has 1 saturated carbocycles. The maximum atomic E-state index is 4.74. The van der Waals surface area contributed by atoms with Crippen LogP contribution >= 0.6 is 11.8 Å². The molecule has 3 heteroatoms. The lowest BCUT2D eigenvalue weighted by atomic mass is 9.88. The van der Waals surface area contributed by atoms with E-state index in [0.717, 1.165) is 24.3 Å². The molecule has 1 aromatic heterocycles. The van der Waals surface area contributed by atoms with Crippen molar-refractivity contribution in [3.63, 3.8) is 0 Å². The molecule has 2 nitrogen and oxygen atoms in total. The van der Waals surface area contributed by atoms with E-state index in [9.17, 15) is 0 Å². The summed E-state index contributed by atoms with van der Waals surface area (Å²) in [5, 5.41) is 4.86. The summed E-state index contributed by atoms with van der Waals surface area (Å²) in [6.07, 6.45) is 9.15. The molecule has 0 bridgehead atoms. The Morgan fingerprint density at radius 3 is 2.71 bits per heavy atom. The van der Waals surface area contributed by atoms with E-state index in [0.29, 0.717) is 4.75 Å². The summed E-state index contributed by atoms with van der Waals surface area (Å²) in [5.41, 5.74) is 2.23. The number of hydrogen-bond acceptors (Lipinski definition) is 3. The van der Waals surface area contributed by atoms with Gasteiger partial charge in [0.1, 0.15) is 0 Å². The minimum Gasteiger partial charge on any atom is -0.310 e. The quantitative estimate of drug-likeness (QED) is 0.886. The summed E-state index contributed by atoms with van der Waals surface area (Å²) in [5.74, 6) is 0. The number of pyridine rings is 1. The molecule has 0 saturated heterocycles. The highest BCUT2D eigenvalue weighted by Crippen LogP contribution is 2.37. The Balaban J connectivity index is 1.60. The third-order valence-corrected chi connectivity index (χ3v) is 6.03. The fraction of sp³-hybridized carbons (Fsp3) is 0.500. The van der Waals surface area contributed by atoms with Crippen molar-refractivity contribution in [1.29, 1.82) is 0 Å². The number of nitrogens with one attached hydrogen (secondary N) is 1. The van der Waals surface area contributed by atoms with E-state index in [1.165, 1.54) is 37.5 Å². The smallest absolute Gasteiger partial charge is 0.0705 e. The summed E-state index contributed by atoms with van der Waals surface area (Å²) in [4.78, 5) is 4.74. The van der Waals surface area contributed by atoms with Gasteiger partial charge in [-0.25, -0.2) is 0 Å². The van der Waals surface area contributed by atoms with Crippen molar-refractivity contribution in [2.75, 3.05) is 12.8 Å². The Hall–Kier alpha value is -1.06. The second kappa shape index (κ2) is 6.80. The van der Waals surface area contributed by atoms with Crippen molar-refractivity contribution >= 4 is 22.7 Å². The molecule has 1 fully saturated rings. The average molecular weight is 300 g/mol. The van der Waals surface area contributed by atoms with Crippen molar-refractivity contribution in [2.24, 2.45) is 0 Å². The first-order valence-corrected chi connectivity index (χ1v) is 9.14. The van der Waals surface area contributed by atoms with Gasteiger partial charge in [0.25, 0.3) is 0 Å². The minimum absolute atomic E-state index is 0.453. The Kier molecular flexibility index (Phi) is 4.81. The van der Waals surface area contributed by atoms with Gasteiger partial charge in [0.05, 0.1) is 11.2 Å². The van der Waals surface area contributed by atoms with E-state index in [1.54, 1.807) is 0 Å². The summed E-state index contributed by atoms with van der Waals surface area (Å²) in [6, 6.07) is 12.6. The molecule has 112 valence electrons. The van der Waals surface area contributed by atoms with Gasteiger partial charge < -0.3 is 5.32 Å². The molecule has 0 spiro atoms. The van der Waals surface area contributed by atoms with E-state index < -0.39 is 0 Å². The monoisotopic (exact) mass is 300 g/mol. The second-order valence-corrected chi connectivity index (χ2v) is 7.32. The minimum atomic E-state index is 0.453. The summed E-state index contributed by atoms with van der Waals surface area (Å²) in [6.45, 7) is 1.97. The Bertz CT molecular complexity index is 591. The lowest BCUT2D eigenvalue weighted by molar-refractivity contribution is 0.379. The van der Waals surface area contributed by atoms with Crippen molar-refractivity contribution in [1.82, 2.24) is 10.3 Å². The fourth-order valence-electron chi connectivity index (χ4n) is 3.27. The average Bonchev–Trinajstić information content (AvgIpc) is 2.55. The van der Waals surface area contributed by atoms with Crippen LogP contribution in [0.3, 0.4) is 0 Å². The third kappa shape index (κ3) is 3.58. The number of rotatable bonds is 5. The van der Waals surface area contributed by atoms with Gasteiger partial charge in [-0.05, 0) is 31.2 Å². The topological polar surface area (TPSA) is 24.9 Å². The maximum Gasteiger partial charge on any atom is 0.0705 e. The summed E-state index contributed by atoms with van der Waals surface area (Å²) in [7, 11) is 0. The van der Waals surface area contributed by atoms with E-state index in [2.05, 4.69) is 48.0 Å². The molecule has 1 heterocycles. The van der Waals surface area contributed by atoms with E-state index in [4.69, 9.17) is 4.98 Å². The van der Waals surface area contributed by atoms with Crippen LogP contribution in [0.5, 0.6) is 0 Å². The zero-order valence-corrected chi connectivity index (χ0v) is 13.6. The van der Waals surface area contributed by atoms with Gasteiger partial charge in [-0.3, -0.25) is 4.98 Å². The molecule has 0 unspecified atom stereocenters. The molecular weight excluding hydrogens is 276 g/mol. The number of thioether (sulfide) groups is 1. The van der Waals surface area contributed by atoms with Crippen LogP contribution in [0.15, 0.2) is 36.4 Å². The van der Waals surface area contributed by atoms with Gasteiger partial charge in [0, 0.05) is 23.2 Å². The molecule has 1 aromatic carbocycles. The molecule has 0 radical (unpaired) electrons. The lowest BCUT2D eigenvalue weighted by Gasteiger charge is -2.36. The first-order valence-electron chi connectivity index (χ1n) is 7.92. The van der Waals surface area contributed by atoms with Crippen LogP contribution in [-0.2, 0) is 6.54 Å². The van der Waals surface area contributed by atoms with Gasteiger partial charge in [0.15, 0.2) is 0 Å². The van der Waals surface area contributed by atoms with Gasteiger partial charge >= 0.3 is 0 Å². The standard InChI is InChI=1S/C18H24N2S/c1-21-18(11-5-2-6-12-18)14-19-13-16-10-9-15-7-3-4-8-17(15)20-16/h3-4,7-10,19H,2,5-6,11-14H2,1H3. The highest BCUT2D eigenvalue weighted by atomic mass is 32.2. The molecule has 0 atom stereocenters. The second-order valence-electron chi connectivity index (χ2n) is 6.05. The molecule has 2 aromatic rings. The molecule has 1 N–H and O–H groups in total. The number of para-hydroxylation sites is 1. The predicted molar refractivity (Wildman–Crippen MR) is 92.8 cm³/mol. The Labute approximate surface area is 131 Å². The van der Waals surface area contributed by atoms with Gasteiger partial charge in [-0.15, -0.1) is 0 Å². The zero-order valence-electron chi connectivity index (χ0n) is 12.8. The summed E-state index contributed by atoms with van der Waals surface area (Å²) < 4.78 is 0.453. The lowest BCUT2D eigenvalue weighted by Crippen LogP contribution is -2.39. The molecule has 21 heavy (non-hydrogen) atoms. The van der Waals surface area contributed by atoms with Crippen molar-refractivity contribution in [3.05, 3.63) is 42.1 Å². The SMILES string of the molecule is CSC1(CNCc2ccc3ccccc3n2)CCCCC1. The van der Waals surface area contributed by atoms with Crippen LogP contribution in [-0.4, -0.2) is 22.5 Å². The highest BCUT2D eigenvalue weighted by Gasteiger charge is 2.30. The fourth-order valence-corrected chi connectivity index (χ4v) is 4.22. The molecule has 0 aliphatic heterocycles. The van der Waals surface area contributed by atoms with Crippen LogP contribution < -0.4 is 5.32 Å².